The van der Waals surface area contributed by atoms with Gasteiger partial charge in [0.25, 0.3) is 0 Å². The fraction of sp³-hybridized carbons (Fsp3) is 0.286. The van der Waals surface area contributed by atoms with Gasteiger partial charge in [-0.25, -0.2) is 9.59 Å². The van der Waals surface area contributed by atoms with E-state index < -0.39 is 12.1 Å². The van der Waals surface area contributed by atoms with Gasteiger partial charge < -0.3 is 15.2 Å². The fourth-order valence-corrected chi connectivity index (χ4v) is 2.20. The number of amides is 1. The molecule has 0 radical (unpaired) electrons. The molecule has 0 unspecified atom stereocenters. The van der Waals surface area contributed by atoms with E-state index in [4.69, 9.17) is 9.84 Å². The summed E-state index contributed by atoms with van der Waals surface area (Å²) in [5.74, 6) is 0.494. The van der Waals surface area contributed by atoms with Crippen molar-refractivity contribution in [2.24, 2.45) is 0 Å². The molecule has 0 fully saturated rings. The smallest absolute Gasteiger partial charge is 0.407 e. The van der Waals surface area contributed by atoms with E-state index in [0.717, 1.165) is 11.3 Å². The lowest BCUT2D eigenvalue weighted by atomic mass is 10.1. The van der Waals surface area contributed by atoms with Gasteiger partial charge in [0.05, 0.1) is 5.56 Å². The third kappa shape index (κ3) is 6.29. The average molecular weight is 295 g/mol. The van der Waals surface area contributed by atoms with E-state index in [2.05, 4.69) is 11.9 Å². The third-order valence-electron chi connectivity index (χ3n) is 2.29. The highest BCUT2D eigenvalue weighted by molar-refractivity contribution is 7.98. The van der Waals surface area contributed by atoms with Gasteiger partial charge in [-0.1, -0.05) is 24.8 Å². The highest BCUT2D eigenvalue weighted by Crippen LogP contribution is 2.13. The number of hydrogen-bond donors (Lipinski definition) is 2. The second kappa shape index (κ2) is 9.03. The predicted molar refractivity (Wildman–Crippen MR) is 79.1 cm³/mol. The number of carbonyl (C=O) groups is 2. The molecule has 0 spiro atoms. The number of benzene rings is 1. The molecule has 0 aromatic heterocycles. The van der Waals surface area contributed by atoms with Crippen LogP contribution in [0, 0.1) is 0 Å². The number of alkyl carbamates (subject to hydrolysis) is 1. The number of thioether (sulfide) groups is 1. The molecule has 5 nitrogen and oxygen atoms in total. The molecule has 0 aliphatic heterocycles. The molecule has 2 N–H and O–H groups in total. The summed E-state index contributed by atoms with van der Waals surface area (Å²) in [6.07, 6.45) is 1.04. The van der Waals surface area contributed by atoms with Crippen LogP contribution in [0.15, 0.2) is 36.9 Å². The van der Waals surface area contributed by atoms with Crippen molar-refractivity contribution in [3.63, 3.8) is 0 Å². The van der Waals surface area contributed by atoms with Gasteiger partial charge in [-0.05, 0) is 17.7 Å². The van der Waals surface area contributed by atoms with E-state index in [1.54, 1.807) is 30.0 Å². The van der Waals surface area contributed by atoms with Gasteiger partial charge in [0, 0.05) is 18.1 Å². The second-order valence-corrected chi connectivity index (χ2v) is 4.98. The molecular weight excluding hydrogens is 278 g/mol. The first-order valence-electron chi connectivity index (χ1n) is 6.05. The first-order chi connectivity index (χ1) is 9.63. The number of aromatic carboxylic acids is 1. The van der Waals surface area contributed by atoms with E-state index in [9.17, 15) is 9.59 Å². The molecule has 6 heteroatoms. The van der Waals surface area contributed by atoms with Crippen LogP contribution in [0.5, 0.6) is 0 Å². The Morgan fingerprint density at radius 2 is 2.25 bits per heavy atom. The SMILES string of the molecule is C=CCOC(=O)NCCSCc1cccc(C(=O)O)c1. The molecule has 108 valence electrons. The Balaban J connectivity index is 2.21. The van der Waals surface area contributed by atoms with Gasteiger partial charge in [-0.15, -0.1) is 0 Å². The van der Waals surface area contributed by atoms with E-state index >= 15 is 0 Å². The van der Waals surface area contributed by atoms with Crippen molar-refractivity contribution < 1.29 is 19.4 Å². The molecule has 0 aliphatic carbocycles. The molecule has 0 aliphatic rings. The van der Waals surface area contributed by atoms with Crippen LogP contribution < -0.4 is 5.32 Å². The number of carboxylic acid groups (broad SMARTS) is 1. The summed E-state index contributed by atoms with van der Waals surface area (Å²) in [7, 11) is 0. The van der Waals surface area contributed by atoms with Crippen LogP contribution in [-0.4, -0.2) is 36.1 Å². The molecule has 1 rings (SSSR count). The number of carboxylic acids is 1. The van der Waals surface area contributed by atoms with E-state index in [-0.39, 0.29) is 12.2 Å². The molecule has 0 saturated heterocycles. The zero-order chi connectivity index (χ0) is 14.8. The summed E-state index contributed by atoms with van der Waals surface area (Å²) in [5, 5.41) is 11.5. The van der Waals surface area contributed by atoms with E-state index in [1.807, 2.05) is 6.07 Å². The van der Waals surface area contributed by atoms with Gasteiger partial charge in [0.15, 0.2) is 0 Å². The van der Waals surface area contributed by atoms with Crippen LogP contribution in [0.25, 0.3) is 0 Å². The minimum atomic E-state index is -0.927. The number of hydrogen-bond acceptors (Lipinski definition) is 4. The topological polar surface area (TPSA) is 75.6 Å². The lowest BCUT2D eigenvalue weighted by Crippen LogP contribution is -2.26. The summed E-state index contributed by atoms with van der Waals surface area (Å²) in [4.78, 5) is 21.9. The minimum absolute atomic E-state index is 0.195. The normalized spacial score (nSPS) is 9.80. The van der Waals surface area contributed by atoms with Crippen LogP contribution in [0.1, 0.15) is 15.9 Å². The first kappa shape index (κ1) is 16.1. The van der Waals surface area contributed by atoms with Gasteiger partial charge in [0.2, 0.25) is 0 Å². The minimum Gasteiger partial charge on any atom is -0.478 e. The Bertz CT molecular complexity index is 476. The van der Waals surface area contributed by atoms with Gasteiger partial charge in [0.1, 0.15) is 6.61 Å². The third-order valence-corrected chi connectivity index (χ3v) is 3.32. The lowest BCUT2D eigenvalue weighted by Gasteiger charge is -2.05. The predicted octanol–water partition coefficient (Wildman–Crippen LogP) is 2.53. The Morgan fingerprint density at radius 3 is 2.95 bits per heavy atom. The van der Waals surface area contributed by atoms with Crippen LogP contribution in [0.2, 0.25) is 0 Å². The number of carbonyl (C=O) groups excluding carboxylic acids is 1. The average Bonchev–Trinajstić information content (AvgIpc) is 2.45. The number of rotatable bonds is 8. The largest absolute Gasteiger partial charge is 0.478 e. The lowest BCUT2D eigenvalue weighted by molar-refractivity contribution is 0.0696. The molecule has 1 amide bonds. The molecule has 0 saturated carbocycles. The van der Waals surface area contributed by atoms with Gasteiger partial charge >= 0.3 is 12.1 Å². The number of nitrogens with one attached hydrogen (secondary N) is 1. The number of ether oxygens (including phenoxy) is 1. The standard InChI is InChI=1S/C14H17NO4S/c1-2-7-19-14(18)15-6-8-20-10-11-4-3-5-12(9-11)13(16)17/h2-5,9H,1,6-8,10H2,(H,15,18)(H,16,17). The summed E-state index contributed by atoms with van der Waals surface area (Å²) < 4.78 is 4.76. The van der Waals surface area contributed by atoms with E-state index in [1.165, 1.54) is 6.08 Å². The molecular formula is C14H17NO4S. The zero-order valence-electron chi connectivity index (χ0n) is 11.0. The molecule has 1 aromatic rings. The Labute approximate surface area is 122 Å². The molecule has 0 bridgehead atoms. The van der Waals surface area contributed by atoms with Crippen molar-refractivity contribution >= 4 is 23.8 Å². The Kier molecular flexibility index (Phi) is 7.27. The summed E-state index contributed by atoms with van der Waals surface area (Å²) in [5.41, 5.74) is 1.23. The van der Waals surface area contributed by atoms with Crippen LogP contribution in [0.3, 0.4) is 0 Å². The molecule has 0 heterocycles. The van der Waals surface area contributed by atoms with Crippen LogP contribution in [0.4, 0.5) is 4.79 Å². The maximum Gasteiger partial charge on any atom is 0.407 e. The zero-order valence-corrected chi connectivity index (χ0v) is 11.8. The van der Waals surface area contributed by atoms with Crippen molar-refractivity contribution in [2.45, 2.75) is 5.75 Å². The highest BCUT2D eigenvalue weighted by Gasteiger charge is 2.03. The summed E-state index contributed by atoms with van der Waals surface area (Å²) in [6.45, 7) is 4.14. The van der Waals surface area contributed by atoms with Gasteiger partial charge in [-0.2, -0.15) is 11.8 Å². The first-order valence-corrected chi connectivity index (χ1v) is 7.20. The van der Waals surface area contributed by atoms with Crippen molar-refractivity contribution in [1.82, 2.24) is 5.32 Å². The molecule has 20 heavy (non-hydrogen) atoms. The van der Waals surface area contributed by atoms with Crippen molar-refractivity contribution in [3.05, 3.63) is 48.0 Å². The van der Waals surface area contributed by atoms with Crippen molar-refractivity contribution in [3.8, 4) is 0 Å². The molecule has 1 aromatic carbocycles. The Morgan fingerprint density at radius 1 is 1.45 bits per heavy atom. The second-order valence-electron chi connectivity index (χ2n) is 3.87. The van der Waals surface area contributed by atoms with E-state index in [0.29, 0.717) is 12.3 Å². The van der Waals surface area contributed by atoms with Crippen LogP contribution >= 0.6 is 11.8 Å². The maximum absolute atomic E-state index is 11.1. The molecule has 0 atom stereocenters. The van der Waals surface area contributed by atoms with Crippen molar-refractivity contribution in [2.75, 3.05) is 18.9 Å². The maximum atomic E-state index is 11.1. The quantitative estimate of drug-likeness (QED) is 0.569. The monoisotopic (exact) mass is 295 g/mol. The fourth-order valence-electron chi connectivity index (χ4n) is 1.40. The van der Waals surface area contributed by atoms with Crippen LogP contribution in [-0.2, 0) is 10.5 Å². The van der Waals surface area contributed by atoms with Crippen molar-refractivity contribution in [1.29, 1.82) is 0 Å². The van der Waals surface area contributed by atoms with Gasteiger partial charge in [-0.3, -0.25) is 0 Å². The Hall–Kier alpha value is -1.95. The highest BCUT2D eigenvalue weighted by atomic mass is 32.2. The summed E-state index contributed by atoms with van der Waals surface area (Å²) in [6, 6.07) is 6.82. The summed E-state index contributed by atoms with van der Waals surface area (Å²) >= 11 is 1.61.